The molecule has 1 fully saturated rings. The van der Waals surface area contributed by atoms with Crippen LogP contribution in [-0.4, -0.2) is 22.2 Å². The monoisotopic (exact) mass is 309 g/mol. The second-order valence-corrected chi connectivity index (χ2v) is 7.12. The minimum Gasteiger partial charge on any atom is -0.338 e. The number of alkyl halides is 1. The van der Waals surface area contributed by atoms with Crippen molar-refractivity contribution in [2.75, 3.05) is 6.54 Å². The zero-order chi connectivity index (χ0) is 13.3. The molecule has 1 heterocycles. The molecular weight excluding hydrogens is 290 g/mol. The van der Waals surface area contributed by atoms with Gasteiger partial charge in [-0.15, -0.1) is 0 Å². The number of halogens is 1. The lowest BCUT2D eigenvalue weighted by Gasteiger charge is -2.25. The van der Waals surface area contributed by atoms with E-state index in [-0.39, 0.29) is 11.3 Å². The molecular formula is C15H20BrNO. The maximum atomic E-state index is 12.5. The SMILES string of the molecule is C[C@@H](Br)[C@H]1CN(Cc2ccccc2)C(=O)C1(C)C. The Kier molecular flexibility index (Phi) is 3.81. The first-order chi connectivity index (χ1) is 8.43. The van der Waals surface area contributed by atoms with Crippen molar-refractivity contribution >= 4 is 21.8 Å². The van der Waals surface area contributed by atoms with Crippen molar-refractivity contribution < 1.29 is 4.79 Å². The maximum absolute atomic E-state index is 12.5. The molecule has 1 aliphatic rings. The summed E-state index contributed by atoms with van der Waals surface area (Å²) in [6.45, 7) is 7.81. The smallest absolute Gasteiger partial charge is 0.228 e. The number of carbonyl (C=O) groups excluding carboxylic acids is 1. The van der Waals surface area contributed by atoms with Crippen LogP contribution >= 0.6 is 15.9 Å². The van der Waals surface area contributed by atoms with E-state index in [1.54, 1.807) is 0 Å². The highest BCUT2D eigenvalue weighted by atomic mass is 79.9. The zero-order valence-electron chi connectivity index (χ0n) is 11.2. The van der Waals surface area contributed by atoms with Crippen molar-refractivity contribution in [1.29, 1.82) is 0 Å². The molecule has 0 unspecified atom stereocenters. The van der Waals surface area contributed by atoms with E-state index >= 15 is 0 Å². The molecule has 2 rings (SSSR count). The molecule has 3 heteroatoms. The van der Waals surface area contributed by atoms with Gasteiger partial charge in [0, 0.05) is 29.2 Å². The molecule has 0 N–H and O–H groups in total. The highest BCUT2D eigenvalue weighted by Crippen LogP contribution is 2.41. The predicted octanol–water partition coefficient (Wildman–Crippen LogP) is 3.45. The minimum atomic E-state index is -0.266. The summed E-state index contributed by atoms with van der Waals surface area (Å²) in [5.74, 6) is 0.636. The number of nitrogens with zero attached hydrogens (tertiary/aromatic N) is 1. The molecule has 1 aromatic rings. The molecule has 1 amide bonds. The quantitative estimate of drug-likeness (QED) is 0.783. The van der Waals surface area contributed by atoms with Crippen LogP contribution in [-0.2, 0) is 11.3 Å². The van der Waals surface area contributed by atoms with E-state index in [0.29, 0.717) is 10.7 Å². The van der Waals surface area contributed by atoms with E-state index in [2.05, 4.69) is 48.8 Å². The van der Waals surface area contributed by atoms with Gasteiger partial charge in [-0.25, -0.2) is 0 Å². The van der Waals surface area contributed by atoms with E-state index in [4.69, 9.17) is 0 Å². The number of rotatable bonds is 3. The van der Waals surface area contributed by atoms with Crippen LogP contribution < -0.4 is 0 Å². The topological polar surface area (TPSA) is 20.3 Å². The molecule has 0 saturated carbocycles. The number of benzene rings is 1. The normalized spacial score (nSPS) is 24.3. The second kappa shape index (κ2) is 5.04. The Hall–Kier alpha value is -0.830. The van der Waals surface area contributed by atoms with Crippen molar-refractivity contribution in [1.82, 2.24) is 4.90 Å². The minimum absolute atomic E-state index is 0.266. The summed E-state index contributed by atoms with van der Waals surface area (Å²) in [5, 5.41) is 0. The van der Waals surface area contributed by atoms with Gasteiger partial charge in [-0.05, 0) is 5.56 Å². The number of hydrogen-bond donors (Lipinski definition) is 0. The Morgan fingerprint density at radius 1 is 1.39 bits per heavy atom. The zero-order valence-corrected chi connectivity index (χ0v) is 12.8. The number of amides is 1. The molecule has 1 saturated heterocycles. The fraction of sp³-hybridized carbons (Fsp3) is 0.533. The fourth-order valence-corrected chi connectivity index (χ4v) is 3.60. The van der Waals surface area contributed by atoms with Gasteiger partial charge in [0.25, 0.3) is 0 Å². The summed E-state index contributed by atoms with van der Waals surface area (Å²) in [6, 6.07) is 10.2. The lowest BCUT2D eigenvalue weighted by Crippen LogP contribution is -2.32. The van der Waals surface area contributed by atoms with Crippen LogP contribution in [0.2, 0.25) is 0 Å². The molecule has 0 aromatic heterocycles. The Balaban J connectivity index is 2.15. The molecule has 98 valence electrons. The second-order valence-electron chi connectivity index (χ2n) is 5.68. The summed E-state index contributed by atoms with van der Waals surface area (Å²) in [7, 11) is 0. The molecule has 0 aliphatic carbocycles. The summed E-state index contributed by atoms with van der Waals surface area (Å²) >= 11 is 3.64. The Labute approximate surface area is 117 Å². The average Bonchev–Trinajstić information content (AvgIpc) is 2.54. The number of hydrogen-bond acceptors (Lipinski definition) is 1. The molecule has 2 nitrogen and oxygen atoms in total. The van der Waals surface area contributed by atoms with Crippen LogP contribution in [0.3, 0.4) is 0 Å². The van der Waals surface area contributed by atoms with Crippen LogP contribution in [0.1, 0.15) is 26.3 Å². The third kappa shape index (κ3) is 2.46. The van der Waals surface area contributed by atoms with Crippen LogP contribution in [0.15, 0.2) is 30.3 Å². The number of likely N-dealkylation sites (tertiary alicyclic amines) is 1. The molecule has 18 heavy (non-hydrogen) atoms. The Bertz CT molecular complexity index is 427. The first-order valence-electron chi connectivity index (χ1n) is 6.40. The van der Waals surface area contributed by atoms with Gasteiger partial charge < -0.3 is 4.90 Å². The lowest BCUT2D eigenvalue weighted by molar-refractivity contribution is -0.135. The van der Waals surface area contributed by atoms with Crippen LogP contribution in [0.25, 0.3) is 0 Å². The third-order valence-corrected chi connectivity index (χ3v) is 4.59. The van der Waals surface area contributed by atoms with Gasteiger partial charge in [0.15, 0.2) is 0 Å². The van der Waals surface area contributed by atoms with Crippen molar-refractivity contribution in [3.63, 3.8) is 0 Å². The highest BCUT2D eigenvalue weighted by molar-refractivity contribution is 9.09. The largest absolute Gasteiger partial charge is 0.338 e. The summed E-state index contributed by atoms with van der Waals surface area (Å²) in [6.07, 6.45) is 0. The predicted molar refractivity (Wildman–Crippen MR) is 77.5 cm³/mol. The summed E-state index contributed by atoms with van der Waals surface area (Å²) in [4.78, 5) is 14.8. The van der Waals surface area contributed by atoms with Gasteiger partial charge in [-0.2, -0.15) is 0 Å². The fourth-order valence-electron chi connectivity index (χ4n) is 2.77. The molecule has 2 atom stereocenters. The lowest BCUT2D eigenvalue weighted by atomic mass is 9.80. The molecule has 0 radical (unpaired) electrons. The van der Waals surface area contributed by atoms with Gasteiger partial charge >= 0.3 is 0 Å². The van der Waals surface area contributed by atoms with E-state index in [0.717, 1.165) is 13.1 Å². The summed E-state index contributed by atoms with van der Waals surface area (Å²) in [5.41, 5.74) is 0.932. The molecule has 0 bridgehead atoms. The van der Waals surface area contributed by atoms with Gasteiger partial charge in [0.2, 0.25) is 5.91 Å². The van der Waals surface area contributed by atoms with Gasteiger partial charge in [-0.1, -0.05) is 67.0 Å². The van der Waals surface area contributed by atoms with Crippen LogP contribution in [0.5, 0.6) is 0 Å². The van der Waals surface area contributed by atoms with Crippen LogP contribution in [0.4, 0.5) is 0 Å². The van der Waals surface area contributed by atoms with E-state index in [1.165, 1.54) is 5.56 Å². The molecule has 1 aliphatic heterocycles. The van der Waals surface area contributed by atoms with Crippen molar-refractivity contribution in [3.05, 3.63) is 35.9 Å². The summed E-state index contributed by atoms with van der Waals surface area (Å²) < 4.78 is 0. The van der Waals surface area contributed by atoms with E-state index in [1.807, 2.05) is 23.1 Å². The maximum Gasteiger partial charge on any atom is 0.228 e. The van der Waals surface area contributed by atoms with Gasteiger partial charge in [0.1, 0.15) is 0 Å². The first-order valence-corrected chi connectivity index (χ1v) is 7.32. The van der Waals surface area contributed by atoms with Gasteiger partial charge in [0.05, 0.1) is 0 Å². The Morgan fingerprint density at radius 2 is 2.00 bits per heavy atom. The third-order valence-electron chi connectivity index (χ3n) is 3.95. The van der Waals surface area contributed by atoms with Crippen LogP contribution in [0, 0.1) is 11.3 Å². The van der Waals surface area contributed by atoms with E-state index < -0.39 is 0 Å². The Morgan fingerprint density at radius 3 is 2.50 bits per heavy atom. The number of carbonyl (C=O) groups is 1. The van der Waals surface area contributed by atoms with Gasteiger partial charge in [-0.3, -0.25) is 4.79 Å². The van der Waals surface area contributed by atoms with Crippen molar-refractivity contribution in [3.8, 4) is 0 Å². The standard InChI is InChI=1S/C15H20BrNO/c1-11(16)13-10-17(14(18)15(13,2)3)9-12-7-5-4-6-8-12/h4-8,11,13H,9-10H2,1-3H3/t11-,13-/m1/s1. The van der Waals surface area contributed by atoms with E-state index in [9.17, 15) is 4.79 Å². The van der Waals surface area contributed by atoms with Crippen molar-refractivity contribution in [2.45, 2.75) is 32.1 Å². The molecule has 0 spiro atoms. The van der Waals surface area contributed by atoms with Crippen molar-refractivity contribution in [2.24, 2.45) is 11.3 Å². The molecule has 1 aromatic carbocycles. The average molecular weight is 310 g/mol. The highest BCUT2D eigenvalue weighted by Gasteiger charge is 2.48. The first kappa shape index (κ1) is 13.6.